The van der Waals surface area contributed by atoms with E-state index in [0.29, 0.717) is 6.54 Å². The third-order valence-corrected chi connectivity index (χ3v) is 4.85. The number of aromatic hydroxyl groups is 3. The first kappa shape index (κ1) is 22.4. The Hall–Kier alpha value is -2.89. The predicted octanol–water partition coefficient (Wildman–Crippen LogP) is 3.65. The number of benzene rings is 2. The number of amides is 1. The summed E-state index contributed by atoms with van der Waals surface area (Å²) in [4.78, 5) is 11.5. The number of carbonyl (C=O) groups excluding carboxylic acids is 1. The van der Waals surface area contributed by atoms with Crippen molar-refractivity contribution in [3.8, 4) is 17.2 Å². The highest BCUT2D eigenvalue weighted by Gasteiger charge is 2.18. The lowest BCUT2D eigenvalue weighted by atomic mass is 10.1. The Morgan fingerprint density at radius 3 is 2.34 bits per heavy atom. The van der Waals surface area contributed by atoms with Gasteiger partial charge in [-0.3, -0.25) is 9.35 Å². The molecule has 12 heteroatoms. The summed E-state index contributed by atoms with van der Waals surface area (Å²) < 4.78 is 31.7. The summed E-state index contributed by atoms with van der Waals surface area (Å²) in [6.07, 6.45) is 1.59. The maximum absolute atomic E-state index is 12.2. The number of nitrogens with zero attached hydrogens (tertiary/aromatic N) is 2. The van der Waals surface area contributed by atoms with E-state index in [2.05, 4.69) is 15.5 Å². The number of hydrogen-bond acceptors (Lipinski definition) is 8. The van der Waals surface area contributed by atoms with E-state index in [1.165, 1.54) is 0 Å². The second-order valence-corrected chi connectivity index (χ2v) is 7.74. The fraction of sp³-hybridized carbons (Fsp3) is 0.235. The van der Waals surface area contributed by atoms with Crippen molar-refractivity contribution in [2.45, 2.75) is 24.7 Å². The number of phenols is 3. The van der Waals surface area contributed by atoms with Crippen molar-refractivity contribution in [2.75, 3.05) is 6.54 Å². The molecule has 0 aromatic heterocycles. The Labute approximate surface area is 171 Å². The Kier molecular flexibility index (Phi) is 7.01. The van der Waals surface area contributed by atoms with E-state index < -0.39 is 48.9 Å². The van der Waals surface area contributed by atoms with Crippen LogP contribution in [0.25, 0.3) is 0 Å². The van der Waals surface area contributed by atoms with Crippen LogP contribution in [0.1, 0.15) is 30.1 Å². The van der Waals surface area contributed by atoms with Crippen LogP contribution in [-0.2, 0) is 10.1 Å². The topological polar surface area (TPSA) is 169 Å². The number of hydrogen-bond donors (Lipinski definition) is 5. The molecule has 10 nitrogen and oxygen atoms in total. The van der Waals surface area contributed by atoms with Gasteiger partial charge in [-0.25, -0.2) is 0 Å². The van der Waals surface area contributed by atoms with Gasteiger partial charge in [-0.1, -0.05) is 24.9 Å². The number of carbonyl (C=O) groups is 1. The van der Waals surface area contributed by atoms with E-state index in [4.69, 9.17) is 16.2 Å². The molecule has 2 aromatic rings. The van der Waals surface area contributed by atoms with Gasteiger partial charge in [0.1, 0.15) is 22.9 Å². The molecule has 0 bridgehead atoms. The molecule has 29 heavy (non-hydrogen) atoms. The SMILES string of the molecule is CCCCNC(=O)c1cc(N=Nc2cc(S(=O)(=O)O)cc(Cl)c2O)c(O)cc1O. The molecule has 0 radical (unpaired) electrons. The van der Waals surface area contributed by atoms with Crippen LogP contribution in [0.2, 0.25) is 5.02 Å². The molecule has 5 N–H and O–H groups in total. The molecule has 2 aromatic carbocycles. The van der Waals surface area contributed by atoms with Crippen LogP contribution in [0, 0.1) is 0 Å². The number of nitrogens with one attached hydrogen (secondary N) is 1. The molecule has 156 valence electrons. The van der Waals surface area contributed by atoms with Gasteiger partial charge >= 0.3 is 0 Å². The Bertz CT molecular complexity index is 1070. The average molecular weight is 444 g/mol. The smallest absolute Gasteiger partial charge is 0.294 e. The maximum Gasteiger partial charge on any atom is 0.294 e. The van der Waals surface area contributed by atoms with Gasteiger partial charge in [-0.05, 0) is 24.6 Å². The minimum absolute atomic E-state index is 0.165. The molecule has 0 aliphatic rings. The van der Waals surface area contributed by atoms with Crippen molar-refractivity contribution in [2.24, 2.45) is 10.2 Å². The molecule has 0 aliphatic heterocycles. The zero-order valence-electron chi connectivity index (χ0n) is 15.1. The van der Waals surface area contributed by atoms with Crippen LogP contribution in [0.4, 0.5) is 11.4 Å². The van der Waals surface area contributed by atoms with Crippen molar-refractivity contribution < 1.29 is 33.1 Å². The van der Waals surface area contributed by atoms with Crippen LogP contribution in [0.3, 0.4) is 0 Å². The molecule has 0 spiro atoms. The van der Waals surface area contributed by atoms with Gasteiger partial charge in [0.05, 0.1) is 15.5 Å². The van der Waals surface area contributed by atoms with Crippen LogP contribution in [-0.4, -0.2) is 40.7 Å². The molecule has 0 fully saturated rings. The summed E-state index contributed by atoms with van der Waals surface area (Å²) in [6, 6.07) is 3.60. The normalized spacial score (nSPS) is 11.7. The van der Waals surface area contributed by atoms with Gasteiger partial charge in [0.15, 0.2) is 5.75 Å². The highest BCUT2D eigenvalue weighted by Crippen LogP contribution is 2.39. The average Bonchev–Trinajstić information content (AvgIpc) is 2.63. The minimum atomic E-state index is -4.62. The number of azo groups is 1. The maximum atomic E-state index is 12.2. The lowest BCUT2D eigenvalue weighted by Gasteiger charge is -2.08. The van der Waals surface area contributed by atoms with Crippen molar-refractivity contribution >= 4 is 39.0 Å². The van der Waals surface area contributed by atoms with Gasteiger partial charge < -0.3 is 20.6 Å². The molecule has 1 amide bonds. The van der Waals surface area contributed by atoms with Crippen molar-refractivity contribution in [3.63, 3.8) is 0 Å². The van der Waals surface area contributed by atoms with Gasteiger partial charge in [-0.15, -0.1) is 10.2 Å². The quantitative estimate of drug-likeness (QED) is 0.247. The first-order chi connectivity index (χ1) is 13.5. The summed E-state index contributed by atoms with van der Waals surface area (Å²) in [5, 5.41) is 39.2. The van der Waals surface area contributed by atoms with Gasteiger partial charge in [0, 0.05) is 12.6 Å². The first-order valence-corrected chi connectivity index (χ1v) is 10.1. The summed E-state index contributed by atoms with van der Waals surface area (Å²) >= 11 is 5.72. The zero-order valence-corrected chi connectivity index (χ0v) is 16.7. The fourth-order valence-electron chi connectivity index (χ4n) is 2.19. The predicted molar refractivity (Wildman–Crippen MR) is 104 cm³/mol. The van der Waals surface area contributed by atoms with E-state index in [0.717, 1.165) is 37.1 Å². The lowest BCUT2D eigenvalue weighted by molar-refractivity contribution is 0.0950. The largest absolute Gasteiger partial charge is 0.507 e. The summed E-state index contributed by atoms with van der Waals surface area (Å²) in [5.41, 5.74) is -0.815. The molecule has 0 aliphatic carbocycles. The second-order valence-electron chi connectivity index (χ2n) is 5.92. The van der Waals surface area contributed by atoms with E-state index >= 15 is 0 Å². The summed E-state index contributed by atoms with van der Waals surface area (Å²) in [5.74, 6) is -2.20. The summed E-state index contributed by atoms with van der Waals surface area (Å²) in [6.45, 7) is 2.34. The van der Waals surface area contributed by atoms with Crippen molar-refractivity contribution in [3.05, 3.63) is 34.9 Å². The Morgan fingerprint density at radius 2 is 1.72 bits per heavy atom. The van der Waals surface area contributed by atoms with Gasteiger partial charge in [0.25, 0.3) is 16.0 Å². The number of unbranched alkanes of at least 4 members (excludes halogenated alkanes) is 1. The van der Waals surface area contributed by atoms with E-state index in [-0.39, 0.29) is 11.3 Å². The molecular weight excluding hydrogens is 426 g/mol. The molecule has 0 saturated carbocycles. The van der Waals surface area contributed by atoms with Gasteiger partial charge in [-0.2, -0.15) is 8.42 Å². The molecule has 0 atom stereocenters. The van der Waals surface area contributed by atoms with Crippen LogP contribution < -0.4 is 5.32 Å². The molecule has 0 unspecified atom stereocenters. The number of rotatable bonds is 7. The summed E-state index contributed by atoms with van der Waals surface area (Å²) in [7, 11) is -4.62. The third kappa shape index (κ3) is 5.56. The van der Waals surface area contributed by atoms with Crippen LogP contribution in [0.15, 0.2) is 39.4 Å². The number of halogens is 1. The van der Waals surface area contributed by atoms with E-state index in [1.54, 1.807) is 0 Å². The van der Waals surface area contributed by atoms with E-state index in [9.17, 15) is 28.5 Å². The molecule has 0 heterocycles. The fourth-order valence-corrected chi connectivity index (χ4v) is 3.00. The van der Waals surface area contributed by atoms with Crippen molar-refractivity contribution in [1.82, 2.24) is 5.32 Å². The second kappa shape index (κ2) is 9.07. The monoisotopic (exact) mass is 443 g/mol. The molecule has 2 rings (SSSR count). The minimum Gasteiger partial charge on any atom is -0.507 e. The molecule has 0 saturated heterocycles. The van der Waals surface area contributed by atoms with Crippen LogP contribution in [0.5, 0.6) is 17.2 Å². The molecular formula is C17H18ClN3O7S. The number of phenolic OH excluding ortho intramolecular Hbond substituents is 3. The van der Waals surface area contributed by atoms with Crippen molar-refractivity contribution in [1.29, 1.82) is 0 Å². The highest BCUT2D eigenvalue weighted by molar-refractivity contribution is 7.85. The standard InChI is InChI=1S/C17H18ClN3O7S/c1-2-3-4-19-17(25)10-7-12(15(23)8-14(10)22)20-21-13-6-9(29(26,27)28)5-11(18)16(13)24/h5-8,22-24H,2-4H2,1H3,(H,19,25)(H,26,27,28). The van der Waals surface area contributed by atoms with Crippen LogP contribution >= 0.6 is 11.6 Å². The first-order valence-electron chi connectivity index (χ1n) is 8.30. The van der Waals surface area contributed by atoms with Gasteiger partial charge in [0.2, 0.25) is 0 Å². The Morgan fingerprint density at radius 1 is 1.07 bits per heavy atom. The van der Waals surface area contributed by atoms with E-state index in [1.807, 2.05) is 6.92 Å². The Balaban J connectivity index is 2.42. The highest BCUT2D eigenvalue weighted by atomic mass is 35.5. The lowest BCUT2D eigenvalue weighted by Crippen LogP contribution is -2.24. The third-order valence-electron chi connectivity index (χ3n) is 3.73. The zero-order chi connectivity index (χ0) is 21.8.